The first-order valence-electron chi connectivity index (χ1n) is 7.96. The van der Waals surface area contributed by atoms with Gasteiger partial charge in [-0.15, -0.1) is 0 Å². The Morgan fingerprint density at radius 1 is 0.913 bits per heavy atom. The molecule has 0 aliphatic carbocycles. The maximum atomic E-state index is 4.51. The summed E-state index contributed by atoms with van der Waals surface area (Å²) in [6, 6.07) is 12.7. The summed E-state index contributed by atoms with van der Waals surface area (Å²) in [5.41, 5.74) is 2.28. The van der Waals surface area contributed by atoms with Gasteiger partial charge in [0.15, 0.2) is 0 Å². The van der Waals surface area contributed by atoms with Crippen LogP contribution < -0.4 is 4.90 Å². The Morgan fingerprint density at radius 2 is 1.74 bits per heavy atom. The van der Waals surface area contributed by atoms with Crippen LogP contribution in [0, 0.1) is 0 Å². The molecular weight excluding hydrogens is 286 g/mol. The number of anilines is 1. The van der Waals surface area contributed by atoms with Crippen LogP contribution in [0.2, 0.25) is 0 Å². The van der Waals surface area contributed by atoms with Crippen LogP contribution in [-0.2, 0) is 6.54 Å². The number of benzene rings is 1. The van der Waals surface area contributed by atoms with Crippen LogP contribution in [0.4, 0.5) is 5.82 Å². The number of rotatable bonds is 3. The van der Waals surface area contributed by atoms with Crippen LogP contribution >= 0.6 is 0 Å². The predicted octanol–water partition coefficient (Wildman–Crippen LogP) is 2.35. The van der Waals surface area contributed by atoms with Crippen molar-refractivity contribution in [3.8, 4) is 0 Å². The molecule has 0 unspecified atom stereocenters. The highest BCUT2D eigenvalue weighted by Crippen LogP contribution is 2.23. The molecule has 3 aromatic rings. The molecule has 4 rings (SSSR count). The highest BCUT2D eigenvalue weighted by Gasteiger charge is 2.19. The van der Waals surface area contributed by atoms with Crippen LogP contribution in [0.15, 0.2) is 55.1 Å². The van der Waals surface area contributed by atoms with Gasteiger partial charge in [0, 0.05) is 44.3 Å². The maximum Gasteiger partial charge on any atom is 0.140 e. The van der Waals surface area contributed by atoms with Crippen molar-refractivity contribution in [2.75, 3.05) is 31.1 Å². The van der Waals surface area contributed by atoms with Crippen LogP contribution in [0.3, 0.4) is 0 Å². The summed E-state index contributed by atoms with van der Waals surface area (Å²) in [6.45, 7) is 5.09. The van der Waals surface area contributed by atoms with Crippen molar-refractivity contribution in [1.82, 2.24) is 19.9 Å². The zero-order chi connectivity index (χ0) is 15.5. The molecule has 0 bridgehead atoms. The van der Waals surface area contributed by atoms with Crippen molar-refractivity contribution >= 4 is 16.7 Å². The van der Waals surface area contributed by atoms with Gasteiger partial charge in [-0.05, 0) is 11.6 Å². The highest BCUT2D eigenvalue weighted by molar-refractivity contribution is 5.88. The molecule has 0 radical (unpaired) electrons. The van der Waals surface area contributed by atoms with Crippen LogP contribution in [0.25, 0.3) is 10.9 Å². The number of hydrogen-bond acceptors (Lipinski definition) is 5. The van der Waals surface area contributed by atoms with Crippen molar-refractivity contribution in [3.05, 3.63) is 60.7 Å². The Hall–Kier alpha value is -2.53. The minimum atomic E-state index is 0.907. The lowest BCUT2D eigenvalue weighted by atomic mass is 10.2. The van der Waals surface area contributed by atoms with Crippen molar-refractivity contribution in [3.63, 3.8) is 0 Å². The lowest BCUT2D eigenvalue weighted by Gasteiger charge is -2.35. The first kappa shape index (κ1) is 14.1. The summed E-state index contributed by atoms with van der Waals surface area (Å²) in [5, 5.41) is 1.08. The monoisotopic (exact) mass is 305 g/mol. The van der Waals surface area contributed by atoms with Gasteiger partial charge in [0.25, 0.3) is 0 Å². The third-order valence-electron chi connectivity index (χ3n) is 4.34. The summed E-state index contributed by atoms with van der Waals surface area (Å²) >= 11 is 0. The molecule has 1 fully saturated rings. The molecule has 1 aliphatic heterocycles. The Kier molecular flexibility index (Phi) is 3.86. The van der Waals surface area contributed by atoms with E-state index in [1.165, 1.54) is 5.56 Å². The average molecular weight is 305 g/mol. The number of nitrogens with zero attached hydrogens (tertiary/aromatic N) is 5. The van der Waals surface area contributed by atoms with Crippen molar-refractivity contribution < 1.29 is 0 Å². The van der Waals surface area contributed by atoms with Gasteiger partial charge in [0.1, 0.15) is 12.1 Å². The second-order valence-electron chi connectivity index (χ2n) is 5.84. The third kappa shape index (κ3) is 3.00. The highest BCUT2D eigenvalue weighted by atomic mass is 15.3. The van der Waals surface area contributed by atoms with E-state index in [1.54, 1.807) is 18.7 Å². The molecule has 116 valence electrons. The van der Waals surface area contributed by atoms with Gasteiger partial charge in [-0.2, -0.15) is 0 Å². The Bertz CT molecular complexity index is 776. The van der Waals surface area contributed by atoms with Gasteiger partial charge in [-0.3, -0.25) is 9.88 Å². The molecule has 0 spiro atoms. The standard InChI is InChI=1S/C18H19N5/c1-2-4-15(5-3-1)13-22-8-10-23(11-9-22)18-16-6-7-19-12-17(16)20-14-21-18/h1-7,12,14H,8-11,13H2. The molecule has 23 heavy (non-hydrogen) atoms. The van der Waals surface area contributed by atoms with E-state index in [2.05, 4.69) is 55.1 Å². The van der Waals surface area contributed by atoms with Gasteiger partial charge >= 0.3 is 0 Å². The first-order valence-corrected chi connectivity index (χ1v) is 7.96. The van der Waals surface area contributed by atoms with E-state index >= 15 is 0 Å². The summed E-state index contributed by atoms with van der Waals surface area (Å²) in [4.78, 5) is 17.8. The molecule has 0 amide bonds. The van der Waals surface area contributed by atoms with Gasteiger partial charge in [0.05, 0.1) is 11.7 Å². The van der Waals surface area contributed by atoms with Gasteiger partial charge in [-0.1, -0.05) is 30.3 Å². The molecule has 5 heteroatoms. The molecule has 0 N–H and O–H groups in total. The van der Waals surface area contributed by atoms with Crippen molar-refractivity contribution in [1.29, 1.82) is 0 Å². The molecule has 0 saturated carbocycles. The van der Waals surface area contributed by atoms with E-state index < -0.39 is 0 Å². The van der Waals surface area contributed by atoms with Crippen molar-refractivity contribution in [2.45, 2.75) is 6.54 Å². The first-order chi connectivity index (χ1) is 11.4. The zero-order valence-corrected chi connectivity index (χ0v) is 13.0. The molecule has 2 aromatic heterocycles. The normalized spacial score (nSPS) is 15.9. The maximum absolute atomic E-state index is 4.51. The minimum absolute atomic E-state index is 0.907. The minimum Gasteiger partial charge on any atom is -0.353 e. The van der Waals surface area contributed by atoms with E-state index in [9.17, 15) is 0 Å². The van der Waals surface area contributed by atoms with Crippen LogP contribution in [0.5, 0.6) is 0 Å². The number of aromatic nitrogens is 3. The lowest BCUT2D eigenvalue weighted by molar-refractivity contribution is 0.249. The average Bonchev–Trinajstić information content (AvgIpc) is 2.63. The second-order valence-corrected chi connectivity index (χ2v) is 5.84. The fraction of sp³-hybridized carbons (Fsp3) is 0.278. The Labute approximate surface area is 135 Å². The molecular formula is C18H19N5. The predicted molar refractivity (Wildman–Crippen MR) is 91.3 cm³/mol. The van der Waals surface area contributed by atoms with E-state index in [4.69, 9.17) is 0 Å². The SMILES string of the molecule is c1ccc(CN2CCN(c3ncnc4cnccc34)CC2)cc1. The second kappa shape index (κ2) is 6.30. The van der Waals surface area contributed by atoms with Gasteiger partial charge in [0.2, 0.25) is 0 Å². The number of fused-ring (bicyclic) bond motifs is 1. The molecule has 5 nitrogen and oxygen atoms in total. The fourth-order valence-electron chi connectivity index (χ4n) is 3.10. The van der Waals surface area contributed by atoms with Crippen LogP contribution in [0.1, 0.15) is 5.56 Å². The van der Waals surface area contributed by atoms with E-state index in [0.29, 0.717) is 0 Å². The molecule has 1 aliphatic rings. The van der Waals surface area contributed by atoms with E-state index in [0.717, 1.165) is 49.4 Å². The molecule has 0 atom stereocenters. The quantitative estimate of drug-likeness (QED) is 0.743. The molecule has 1 aromatic carbocycles. The van der Waals surface area contributed by atoms with Crippen molar-refractivity contribution in [2.24, 2.45) is 0 Å². The van der Waals surface area contributed by atoms with Crippen LogP contribution in [-0.4, -0.2) is 46.0 Å². The summed E-state index contributed by atoms with van der Waals surface area (Å²) in [5.74, 6) is 1.02. The van der Waals surface area contributed by atoms with Gasteiger partial charge in [-0.25, -0.2) is 9.97 Å². The fourth-order valence-corrected chi connectivity index (χ4v) is 3.10. The number of piperazine rings is 1. The van der Waals surface area contributed by atoms with E-state index in [1.807, 2.05) is 6.07 Å². The number of pyridine rings is 1. The lowest BCUT2D eigenvalue weighted by Crippen LogP contribution is -2.46. The third-order valence-corrected chi connectivity index (χ3v) is 4.34. The largest absolute Gasteiger partial charge is 0.353 e. The Balaban J connectivity index is 1.47. The number of hydrogen-bond donors (Lipinski definition) is 0. The molecule has 3 heterocycles. The van der Waals surface area contributed by atoms with Gasteiger partial charge < -0.3 is 4.90 Å². The molecule has 1 saturated heterocycles. The van der Waals surface area contributed by atoms with E-state index in [-0.39, 0.29) is 0 Å². The summed E-state index contributed by atoms with van der Waals surface area (Å²) < 4.78 is 0. The smallest absolute Gasteiger partial charge is 0.140 e. The Morgan fingerprint density at radius 3 is 2.57 bits per heavy atom. The summed E-state index contributed by atoms with van der Waals surface area (Å²) in [7, 11) is 0. The summed E-state index contributed by atoms with van der Waals surface area (Å²) in [6.07, 6.45) is 5.24. The zero-order valence-electron chi connectivity index (χ0n) is 13.0. The topological polar surface area (TPSA) is 45.2 Å².